The van der Waals surface area contributed by atoms with E-state index < -0.39 is 0 Å². The molecule has 1 aliphatic heterocycles. The summed E-state index contributed by atoms with van der Waals surface area (Å²) in [5.41, 5.74) is 1.44. The molecule has 4 heteroatoms. The summed E-state index contributed by atoms with van der Waals surface area (Å²) >= 11 is 3.53. The molecule has 0 radical (unpaired) electrons. The highest BCUT2D eigenvalue weighted by atomic mass is 79.9. The SMILES string of the molecule is CN1CC[C@@H](c2ccccc2)[C@H](COc2ccc3cc(Br)ccc3c2)C1.Cl. The number of nitrogens with zero attached hydrogens (tertiary/aromatic N) is 1. The van der Waals surface area contributed by atoms with Crippen LogP contribution in [0.15, 0.2) is 71.2 Å². The van der Waals surface area contributed by atoms with Gasteiger partial charge in [-0.05, 0) is 66.5 Å². The van der Waals surface area contributed by atoms with Crippen molar-refractivity contribution >= 4 is 39.1 Å². The van der Waals surface area contributed by atoms with Crippen molar-refractivity contribution in [3.63, 3.8) is 0 Å². The molecule has 2 atom stereocenters. The van der Waals surface area contributed by atoms with Crippen molar-refractivity contribution in [3.05, 3.63) is 76.8 Å². The van der Waals surface area contributed by atoms with Crippen molar-refractivity contribution < 1.29 is 4.74 Å². The highest BCUT2D eigenvalue weighted by molar-refractivity contribution is 9.10. The van der Waals surface area contributed by atoms with Crippen LogP contribution in [0.4, 0.5) is 0 Å². The molecule has 0 N–H and O–H groups in total. The Morgan fingerprint density at radius 3 is 2.56 bits per heavy atom. The van der Waals surface area contributed by atoms with E-state index >= 15 is 0 Å². The third-order valence-corrected chi connectivity index (χ3v) is 5.90. The molecule has 1 heterocycles. The predicted octanol–water partition coefficient (Wildman–Crippen LogP) is 6.14. The molecular weight excluding hydrogens is 422 g/mol. The van der Waals surface area contributed by atoms with Crippen molar-refractivity contribution in [1.82, 2.24) is 4.90 Å². The van der Waals surface area contributed by atoms with E-state index in [-0.39, 0.29) is 12.4 Å². The maximum Gasteiger partial charge on any atom is 0.119 e. The molecule has 142 valence electrons. The minimum atomic E-state index is 0. The van der Waals surface area contributed by atoms with Gasteiger partial charge in [-0.15, -0.1) is 12.4 Å². The third-order valence-electron chi connectivity index (χ3n) is 5.40. The van der Waals surface area contributed by atoms with Crippen LogP contribution in [0.3, 0.4) is 0 Å². The topological polar surface area (TPSA) is 12.5 Å². The monoisotopic (exact) mass is 445 g/mol. The number of hydrogen-bond donors (Lipinski definition) is 0. The van der Waals surface area contributed by atoms with E-state index in [1.165, 1.54) is 22.8 Å². The van der Waals surface area contributed by atoms with Crippen molar-refractivity contribution in [2.45, 2.75) is 12.3 Å². The number of piperidine rings is 1. The Labute approximate surface area is 176 Å². The summed E-state index contributed by atoms with van der Waals surface area (Å²) in [4.78, 5) is 2.42. The van der Waals surface area contributed by atoms with Crippen LogP contribution in [0.1, 0.15) is 17.9 Å². The van der Waals surface area contributed by atoms with Gasteiger partial charge < -0.3 is 9.64 Å². The molecule has 0 bridgehead atoms. The fourth-order valence-electron chi connectivity index (χ4n) is 4.01. The van der Waals surface area contributed by atoms with E-state index in [2.05, 4.69) is 94.6 Å². The van der Waals surface area contributed by atoms with Crippen molar-refractivity contribution in [2.24, 2.45) is 5.92 Å². The van der Waals surface area contributed by atoms with Gasteiger partial charge >= 0.3 is 0 Å². The van der Waals surface area contributed by atoms with Crippen LogP contribution in [0.2, 0.25) is 0 Å². The first kappa shape index (κ1) is 20.2. The van der Waals surface area contributed by atoms with Gasteiger partial charge in [0.1, 0.15) is 5.75 Å². The zero-order valence-electron chi connectivity index (χ0n) is 15.5. The number of hydrogen-bond acceptors (Lipinski definition) is 2. The lowest BCUT2D eigenvalue weighted by Crippen LogP contribution is -2.39. The van der Waals surface area contributed by atoms with Crippen LogP contribution in [0.25, 0.3) is 10.8 Å². The van der Waals surface area contributed by atoms with Crippen LogP contribution < -0.4 is 4.74 Å². The van der Waals surface area contributed by atoms with Crippen LogP contribution in [-0.4, -0.2) is 31.6 Å². The fourth-order valence-corrected chi connectivity index (χ4v) is 4.39. The summed E-state index contributed by atoms with van der Waals surface area (Å²) in [7, 11) is 2.21. The molecule has 2 nitrogen and oxygen atoms in total. The fraction of sp³-hybridized carbons (Fsp3) is 0.304. The van der Waals surface area contributed by atoms with E-state index in [1.54, 1.807) is 0 Å². The Morgan fingerprint density at radius 2 is 1.74 bits per heavy atom. The molecule has 0 saturated carbocycles. The Kier molecular flexibility index (Phi) is 6.80. The van der Waals surface area contributed by atoms with Gasteiger partial charge in [0.15, 0.2) is 0 Å². The van der Waals surface area contributed by atoms with Crippen LogP contribution in [-0.2, 0) is 0 Å². The first-order valence-corrected chi connectivity index (χ1v) is 10.0. The van der Waals surface area contributed by atoms with Gasteiger partial charge in [0.2, 0.25) is 0 Å². The first-order chi connectivity index (χ1) is 12.7. The number of benzene rings is 3. The van der Waals surface area contributed by atoms with Gasteiger partial charge in [0, 0.05) is 16.9 Å². The molecule has 27 heavy (non-hydrogen) atoms. The lowest BCUT2D eigenvalue weighted by atomic mass is 9.81. The average Bonchev–Trinajstić information content (AvgIpc) is 2.67. The predicted molar refractivity (Wildman–Crippen MR) is 119 cm³/mol. The zero-order valence-corrected chi connectivity index (χ0v) is 17.9. The average molecular weight is 447 g/mol. The summed E-state index contributed by atoms with van der Waals surface area (Å²) in [5.74, 6) is 2.04. The maximum absolute atomic E-state index is 6.25. The zero-order chi connectivity index (χ0) is 17.9. The molecule has 3 aromatic rings. The van der Waals surface area contributed by atoms with Gasteiger partial charge in [0.25, 0.3) is 0 Å². The highest BCUT2D eigenvalue weighted by Gasteiger charge is 2.29. The van der Waals surface area contributed by atoms with Crippen molar-refractivity contribution in [1.29, 1.82) is 0 Å². The molecule has 3 aromatic carbocycles. The van der Waals surface area contributed by atoms with Crippen molar-refractivity contribution in [3.8, 4) is 5.75 Å². The van der Waals surface area contributed by atoms with E-state index in [0.717, 1.165) is 29.9 Å². The molecule has 0 spiro atoms. The van der Waals surface area contributed by atoms with Gasteiger partial charge in [-0.1, -0.05) is 58.4 Å². The van der Waals surface area contributed by atoms with Gasteiger partial charge in [-0.25, -0.2) is 0 Å². The minimum absolute atomic E-state index is 0. The van der Waals surface area contributed by atoms with Crippen LogP contribution >= 0.6 is 28.3 Å². The molecule has 0 aliphatic carbocycles. The number of ether oxygens (including phenoxy) is 1. The normalized spacial score (nSPS) is 20.2. The van der Waals surface area contributed by atoms with E-state index in [9.17, 15) is 0 Å². The second kappa shape index (κ2) is 9.09. The molecule has 0 amide bonds. The van der Waals surface area contributed by atoms with E-state index in [4.69, 9.17) is 4.74 Å². The Morgan fingerprint density at radius 1 is 1.00 bits per heavy atom. The molecule has 0 aromatic heterocycles. The quantitative estimate of drug-likeness (QED) is 0.477. The van der Waals surface area contributed by atoms with Gasteiger partial charge in [-0.3, -0.25) is 0 Å². The number of fused-ring (bicyclic) bond motifs is 1. The summed E-state index contributed by atoms with van der Waals surface area (Å²) in [6, 6.07) is 23.6. The molecule has 1 aliphatic rings. The summed E-state index contributed by atoms with van der Waals surface area (Å²) < 4.78 is 7.35. The molecule has 0 unspecified atom stereocenters. The first-order valence-electron chi connectivity index (χ1n) is 9.24. The van der Waals surface area contributed by atoms with Gasteiger partial charge in [0.05, 0.1) is 6.61 Å². The maximum atomic E-state index is 6.25. The van der Waals surface area contributed by atoms with Crippen molar-refractivity contribution in [2.75, 3.05) is 26.7 Å². The smallest absolute Gasteiger partial charge is 0.119 e. The molecule has 4 rings (SSSR count). The standard InChI is InChI=1S/C23H24BrNO.ClH/c1-25-12-11-23(17-5-3-2-4-6-17)20(15-25)16-26-22-10-8-18-13-21(24)9-7-19(18)14-22;/h2-10,13-14,20,23H,11-12,15-16H2,1H3;1H/t20-,23-;/m0./s1. The number of rotatable bonds is 4. The third kappa shape index (κ3) is 4.84. The Bertz CT molecular complexity index is 886. The van der Waals surface area contributed by atoms with Crippen LogP contribution in [0.5, 0.6) is 5.75 Å². The Balaban J connectivity index is 0.00000210. The highest BCUT2D eigenvalue weighted by Crippen LogP contribution is 2.33. The second-order valence-corrected chi connectivity index (χ2v) is 8.21. The molecular formula is C23H25BrClNO. The molecule has 1 saturated heterocycles. The summed E-state index contributed by atoms with van der Waals surface area (Å²) in [6.45, 7) is 2.99. The number of halogens is 2. The second-order valence-electron chi connectivity index (χ2n) is 7.29. The summed E-state index contributed by atoms with van der Waals surface area (Å²) in [5, 5.41) is 2.44. The number of likely N-dealkylation sites (tertiary alicyclic amines) is 1. The molecule has 1 fully saturated rings. The minimum Gasteiger partial charge on any atom is -0.493 e. The largest absolute Gasteiger partial charge is 0.493 e. The van der Waals surface area contributed by atoms with E-state index in [1.807, 2.05) is 0 Å². The lowest BCUT2D eigenvalue weighted by Gasteiger charge is -2.37. The van der Waals surface area contributed by atoms with Gasteiger partial charge in [-0.2, -0.15) is 0 Å². The lowest BCUT2D eigenvalue weighted by molar-refractivity contribution is 0.129. The Hall–Kier alpha value is -1.55. The van der Waals surface area contributed by atoms with Crippen LogP contribution in [0, 0.1) is 5.92 Å². The summed E-state index contributed by atoms with van der Waals surface area (Å²) in [6.07, 6.45) is 1.19. The van der Waals surface area contributed by atoms with E-state index in [0.29, 0.717) is 11.8 Å².